The number of fused-ring (bicyclic) bond motifs is 2. The molecule has 2 aromatic carbocycles. The maximum absolute atomic E-state index is 14.6. The first kappa shape index (κ1) is 20.8. The van der Waals surface area contributed by atoms with Gasteiger partial charge in [-0.2, -0.15) is 0 Å². The van der Waals surface area contributed by atoms with Crippen molar-refractivity contribution in [3.63, 3.8) is 0 Å². The molecular weight excluding hydrogens is 425 g/mol. The van der Waals surface area contributed by atoms with Gasteiger partial charge in [0.1, 0.15) is 5.82 Å². The maximum Gasteiger partial charge on any atom is 0.255 e. The molecule has 1 aliphatic carbocycles. The van der Waals surface area contributed by atoms with Gasteiger partial charge < -0.3 is 15.5 Å². The van der Waals surface area contributed by atoms with E-state index >= 15 is 0 Å². The zero-order chi connectivity index (χ0) is 23.4. The van der Waals surface area contributed by atoms with Crippen LogP contribution in [0.2, 0.25) is 0 Å². The number of nitrogens with two attached hydrogens (primary N) is 1. The van der Waals surface area contributed by atoms with Crippen LogP contribution in [0.3, 0.4) is 0 Å². The van der Waals surface area contributed by atoms with Gasteiger partial charge in [0.2, 0.25) is 0 Å². The van der Waals surface area contributed by atoms with Gasteiger partial charge in [0, 0.05) is 35.8 Å². The van der Waals surface area contributed by atoms with E-state index in [0.717, 1.165) is 30.5 Å². The molecule has 0 radical (unpaired) electrons. The molecule has 2 aromatic rings. The molecule has 3 heterocycles. The number of hydrogen-bond donors (Lipinski definition) is 1. The molecule has 0 spiro atoms. The van der Waals surface area contributed by atoms with Crippen LogP contribution in [0.1, 0.15) is 42.5 Å². The highest BCUT2D eigenvalue weighted by molar-refractivity contribution is 5.97. The summed E-state index contributed by atoms with van der Waals surface area (Å²) >= 11 is 0. The van der Waals surface area contributed by atoms with Crippen molar-refractivity contribution in [1.29, 1.82) is 0 Å². The number of nitrogens with zero attached hydrogens (tertiary/aromatic N) is 2. The molecule has 4 nitrogen and oxygen atoms in total. The van der Waals surface area contributed by atoms with Crippen LogP contribution in [0.15, 0.2) is 89.6 Å². The summed E-state index contributed by atoms with van der Waals surface area (Å²) in [4.78, 5) is 17.6. The number of carbonyl (C=O) groups is 1. The third-order valence-electron chi connectivity index (χ3n) is 7.19. The smallest absolute Gasteiger partial charge is 0.255 e. The molecule has 3 aliphatic heterocycles. The average Bonchev–Trinajstić information content (AvgIpc) is 3.68. The summed E-state index contributed by atoms with van der Waals surface area (Å²) in [6, 6.07) is 13.1. The highest BCUT2D eigenvalue weighted by Crippen LogP contribution is 2.45. The number of amides is 1. The monoisotopic (exact) mass is 451 g/mol. The Morgan fingerprint density at radius 1 is 1.15 bits per heavy atom. The number of benzene rings is 2. The molecule has 0 bridgehead atoms. The third-order valence-corrected chi connectivity index (χ3v) is 7.19. The van der Waals surface area contributed by atoms with Crippen LogP contribution in [-0.2, 0) is 11.2 Å². The van der Waals surface area contributed by atoms with Crippen LogP contribution in [0.4, 0.5) is 10.1 Å². The fraction of sp³-hybridized carbons (Fsp3) is 0.241. The lowest BCUT2D eigenvalue weighted by molar-refractivity contribution is -0.129. The first-order valence-corrected chi connectivity index (χ1v) is 11.8. The second kappa shape index (κ2) is 7.89. The van der Waals surface area contributed by atoms with E-state index in [0.29, 0.717) is 34.9 Å². The van der Waals surface area contributed by atoms with Crippen LogP contribution in [-0.4, -0.2) is 22.3 Å². The topological polar surface area (TPSA) is 49.6 Å². The third kappa shape index (κ3) is 3.49. The van der Waals surface area contributed by atoms with Crippen molar-refractivity contribution in [3.8, 4) is 0 Å². The van der Waals surface area contributed by atoms with Crippen molar-refractivity contribution in [2.45, 2.75) is 32.2 Å². The molecule has 2 N–H and O–H groups in total. The van der Waals surface area contributed by atoms with Gasteiger partial charge in [-0.25, -0.2) is 4.39 Å². The summed E-state index contributed by atoms with van der Waals surface area (Å²) in [5.74, 6) is 0.101. The van der Waals surface area contributed by atoms with E-state index in [4.69, 9.17) is 5.73 Å². The molecule has 0 saturated heterocycles. The van der Waals surface area contributed by atoms with E-state index in [1.54, 1.807) is 12.1 Å². The summed E-state index contributed by atoms with van der Waals surface area (Å²) in [7, 11) is 0. The lowest BCUT2D eigenvalue weighted by Gasteiger charge is -2.37. The Bertz CT molecular complexity index is 1370. The van der Waals surface area contributed by atoms with Crippen molar-refractivity contribution >= 4 is 17.2 Å². The fourth-order valence-electron chi connectivity index (χ4n) is 5.18. The molecule has 1 amide bonds. The van der Waals surface area contributed by atoms with Crippen molar-refractivity contribution in [2.75, 3.05) is 12.3 Å². The van der Waals surface area contributed by atoms with E-state index < -0.39 is 0 Å². The maximum atomic E-state index is 14.6. The average molecular weight is 452 g/mol. The number of rotatable bonds is 3. The van der Waals surface area contributed by atoms with Gasteiger partial charge in [0.25, 0.3) is 5.91 Å². The Hall–Kier alpha value is -3.82. The molecule has 1 atom stereocenters. The number of nitrogen functional groups attached to an aromatic ring is 1. The second-order valence-corrected chi connectivity index (χ2v) is 9.45. The lowest BCUT2D eigenvalue weighted by Crippen LogP contribution is -2.40. The molecule has 1 fully saturated rings. The molecule has 6 rings (SSSR count). The van der Waals surface area contributed by atoms with Crippen LogP contribution in [0, 0.1) is 11.7 Å². The molecule has 170 valence electrons. The quantitative estimate of drug-likeness (QED) is 0.496. The van der Waals surface area contributed by atoms with Crippen LogP contribution < -0.4 is 5.73 Å². The number of allylic oxidation sites excluding steroid dienone is 2. The van der Waals surface area contributed by atoms with E-state index in [2.05, 4.69) is 30.9 Å². The molecule has 0 aromatic heterocycles. The molecule has 34 heavy (non-hydrogen) atoms. The molecular formula is C29H26FN3O. The molecule has 5 heteroatoms. The van der Waals surface area contributed by atoms with Gasteiger partial charge in [0.15, 0.2) is 0 Å². The van der Waals surface area contributed by atoms with Crippen LogP contribution in [0.5, 0.6) is 0 Å². The Labute approximate surface area is 198 Å². The number of halogens is 1. The Kier molecular flexibility index (Phi) is 4.82. The minimum atomic E-state index is -0.371. The molecule has 1 saturated carbocycles. The van der Waals surface area contributed by atoms with Gasteiger partial charge in [-0.3, -0.25) is 4.79 Å². The lowest BCUT2D eigenvalue weighted by atomic mass is 9.92. The first-order valence-electron chi connectivity index (χ1n) is 11.8. The van der Waals surface area contributed by atoms with Gasteiger partial charge >= 0.3 is 0 Å². The largest absolute Gasteiger partial charge is 0.399 e. The number of anilines is 1. The SMILES string of the molecule is C[C@@H]1c2ccccc2CCN1C(=O)C1=CN2C=C(c3ccc(N)cc3F)C=C=C2C(C2CC2)=C1. The number of hydrogen-bond acceptors (Lipinski definition) is 3. The van der Waals surface area contributed by atoms with Gasteiger partial charge in [0.05, 0.1) is 17.3 Å². The van der Waals surface area contributed by atoms with Crippen molar-refractivity contribution in [2.24, 2.45) is 5.92 Å². The normalized spacial score (nSPS) is 21.2. The van der Waals surface area contributed by atoms with Crippen molar-refractivity contribution in [1.82, 2.24) is 9.80 Å². The highest BCUT2D eigenvalue weighted by Gasteiger charge is 2.36. The number of carbonyl (C=O) groups excluding carboxylic acids is 1. The summed E-state index contributed by atoms with van der Waals surface area (Å²) in [6.45, 7) is 2.79. The molecule has 0 unspecified atom stereocenters. The van der Waals surface area contributed by atoms with Gasteiger partial charge in [-0.15, -0.1) is 0 Å². The van der Waals surface area contributed by atoms with E-state index in [9.17, 15) is 9.18 Å². The van der Waals surface area contributed by atoms with Crippen LogP contribution in [0.25, 0.3) is 5.57 Å². The standard InChI is InChI=1S/C29H26FN3O/c1-18-24-5-3-2-4-19(24)12-13-33(18)29(34)22-14-26(20-6-7-20)28-11-8-21(16-32(28)17-22)25-10-9-23(31)15-27(25)30/h2-5,8-10,14-18,20H,6-7,12-13,31H2,1H3/t18-/m1/s1. The summed E-state index contributed by atoms with van der Waals surface area (Å²) in [5, 5.41) is 0. The minimum absolute atomic E-state index is 0.0179. The summed E-state index contributed by atoms with van der Waals surface area (Å²) in [5.41, 5.74) is 15.9. The zero-order valence-corrected chi connectivity index (χ0v) is 19.1. The van der Waals surface area contributed by atoms with E-state index in [1.165, 1.54) is 17.2 Å². The first-order chi connectivity index (χ1) is 16.5. The van der Waals surface area contributed by atoms with Gasteiger partial charge in [-0.1, -0.05) is 30.0 Å². The van der Waals surface area contributed by atoms with Crippen molar-refractivity contribution < 1.29 is 9.18 Å². The molecule has 4 aliphatic rings. The fourth-order valence-corrected chi connectivity index (χ4v) is 5.18. The Morgan fingerprint density at radius 3 is 2.76 bits per heavy atom. The Morgan fingerprint density at radius 2 is 1.97 bits per heavy atom. The van der Waals surface area contributed by atoms with Crippen LogP contribution >= 0.6 is 0 Å². The highest BCUT2D eigenvalue weighted by atomic mass is 19.1. The summed E-state index contributed by atoms with van der Waals surface area (Å²) < 4.78 is 14.6. The van der Waals surface area contributed by atoms with E-state index in [1.807, 2.05) is 40.4 Å². The summed E-state index contributed by atoms with van der Waals surface area (Å²) in [6.07, 6.45) is 10.7. The predicted molar refractivity (Wildman–Crippen MR) is 131 cm³/mol. The predicted octanol–water partition coefficient (Wildman–Crippen LogP) is 5.48. The second-order valence-electron chi connectivity index (χ2n) is 9.45. The van der Waals surface area contributed by atoms with E-state index in [-0.39, 0.29) is 17.8 Å². The minimum Gasteiger partial charge on any atom is -0.399 e. The Balaban J connectivity index is 1.37. The van der Waals surface area contributed by atoms with Gasteiger partial charge in [-0.05, 0) is 79.2 Å². The zero-order valence-electron chi connectivity index (χ0n) is 19.1. The van der Waals surface area contributed by atoms with Crippen molar-refractivity contribution in [3.05, 3.63) is 112 Å².